The minimum Gasteiger partial charge on any atom is -0.379 e. The van der Waals surface area contributed by atoms with Crippen molar-refractivity contribution in [3.63, 3.8) is 0 Å². The van der Waals surface area contributed by atoms with Gasteiger partial charge in [-0.2, -0.15) is 0 Å². The van der Waals surface area contributed by atoms with E-state index in [4.69, 9.17) is 4.74 Å². The van der Waals surface area contributed by atoms with Crippen LogP contribution in [0.5, 0.6) is 0 Å². The van der Waals surface area contributed by atoms with Gasteiger partial charge in [-0.1, -0.05) is 30.3 Å². The van der Waals surface area contributed by atoms with Crippen molar-refractivity contribution in [3.05, 3.63) is 35.9 Å². The summed E-state index contributed by atoms with van der Waals surface area (Å²) in [6.07, 6.45) is 0.336. The molecule has 1 aliphatic rings. The lowest BCUT2D eigenvalue weighted by Crippen LogP contribution is -2.19. The van der Waals surface area contributed by atoms with Crippen LogP contribution in [0.3, 0.4) is 0 Å². The molecular formula is C11H15NO. The van der Waals surface area contributed by atoms with Crippen LogP contribution in [0, 0.1) is 0 Å². The minimum atomic E-state index is 0.336. The van der Waals surface area contributed by atoms with E-state index in [-0.39, 0.29) is 0 Å². The fraction of sp³-hybridized carbons (Fsp3) is 0.455. The van der Waals surface area contributed by atoms with Crippen molar-refractivity contribution in [2.24, 2.45) is 0 Å². The third-order valence-corrected chi connectivity index (χ3v) is 2.69. The molecule has 1 N–H and O–H groups in total. The largest absolute Gasteiger partial charge is 0.379 e. The summed E-state index contributed by atoms with van der Waals surface area (Å²) in [7, 11) is 1.79. The first-order chi connectivity index (χ1) is 6.42. The van der Waals surface area contributed by atoms with Gasteiger partial charge in [0.2, 0.25) is 0 Å². The second-order valence-electron chi connectivity index (χ2n) is 3.45. The van der Waals surface area contributed by atoms with Gasteiger partial charge in [0.05, 0.1) is 6.10 Å². The van der Waals surface area contributed by atoms with Crippen LogP contribution >= 0.6 is 0 Å². The van der Waals surface area contributed by atoms with Gasteiger partial charge in [0.1, 0.15) is 0 Å². The Labute approximate surface area is 78.9 Å². The number of nitrogens with one attached hydrogen (secondary N) is 1. The summed E-state index contributed by atoms with van der Waals surface area (Å²) in [5.41, 5.74) is 1.37. The number of benzene rings is 1. The molecule has 0 amide bonds. The Kier molecular flexibility index (Phi) is 2.62. The van der Waals surface area contributed by atoms with Gasteiger partial charge in [-0.25, -0.2) is 0 Å². The molecule has 2 heteroatoms. The van der Waals surface area contributed by atoms with E-state index in [0.717, 1.165) is 13.1 Å². The molecule has 1 aliphatic heterocycles. The lowest BCUT2D eigenvalue weighted by molar-refractivity contribution is 0.106. The fourth-order valence-electron chi connectivity index (χ4n) is 1.94. The summed E-state index contributed by atoms with van der Waals surface area (Å²) >= 11 is 0. The van der Waals surface area contributed by atoms with Gasteiger partial charge in [-0.3, -0.25) is 0 Å². The average molecular weight is 177 g/mol. The van der Waals surface area contributed by atoms with E-state index < -0.39 is 0 Å². The molecule has 2 rings (SSSR count). The summed E-state index contributed by atoms with van der Waals surface area (Å²) in [6.45, 7) is 2.00. The lowest BCUT2D eigenvalue weighted by Gasteiger charge is -2.16. The highest BCUT2D eigenvalue weighted by molar-refractivity contribution is 5.22. The lowest BCUT2D eigenvalue weighted by atomic mass is 9.96. The molecule has 0 spiro atoms. The van der Waals surface area contributed by atoms with Crippen molar-refractivity contribution in [1.82, 2.24) is 5.32 Å². The zero-order chi connectivity index (χ0) is 9.10. The molecule has 0 radical (unpaired) electrons. The van der Waals surface area contributed by atoms with Crippen LogP contribution in [0.1, 0.15) is 11.5 Å². The van der Waals surface area contributed by atoms with Crippen molar-refractivity contribution < 1.29 is 4.74 Å². The SMILES string of the molecule is COC1CNCC1c1ccccc1. The van der Waals surface area contributed by atoms with Crippen molar-refractivity contribution in [1.29, 1.82) is 0 Å². The molecule has 1 saturated heterocycles. The number of rotatable bonds is 2. The van der Waals surface area contributed by atoms with E-state index >= 15 is 0 Å². The highest BCUT2D eigenvalue weighted by Gasteiger charge is 2.27. The minimum absolute atomic E-state index is 0.336. The number of hydrogen-bond donors (Lipinski definition) is 1. The Bertz CT molecular complexity index is 260. The average Bonchev–Trinajstić information content (AvgIpc) is 2.67. The monoisotopic (exact) mass is 177 g/mol. The number of methoxy groups -OCH3 is 1. The van der Waals surface area contributed by atoms with Gasteiger partial charge in [0.15, 0.2) is 0 Å². The molecule has 0 aromatic heterocycles. The molecule has 0 bridgehead atoms. The summed E-state index contributed by atoms with van der Waals surface area (Å²) < 4.78 is 5.42. The molecule has 1 heterocycles. The quantitative estimate of drug-likeness (QED) is 0.737. The highest BCUT2D eigenvalue weighted by Crippen LogP contribution is 2.24. The predicted octanol–water partition coefficient (Wildman–Crippen LogP) is 1.39. The van der Waals surface area contributed by atoms with Crippen LogP contribution < -0.4 is 5.32 Å². The summed E-state index contributed by atoms with van der Waals surface area (Å²) in [5, 5.41) is 3.35. The summed E-state index contributed by atoms with van der Waals surface area (Å²) in [6, 6.07) is 10.6. The van der Waals surface area contributed by atoms with Crippen molar-refractivity contribution in [2.75, 3.05) is 20.2 Å². The molecule has 1 aromatic carbocycles. The maximum Gasteiger partial charge on any atom is 0.0776 e. The topological polar surface area (TPSA) is 21.3 Å². The van der Waals surface area contributed by atoms with E-state index in [1.54, 1.807) is 7.11 Å². The zero-order valence-corrected chi connectivity index (χ0v) is 7.86. The second kappa shape index (κ2) is 3.90. The Balaban J connectivity index is 2.16. The third-order valence-electron chi connectivity index (χ3n) is 2.69. The van der Waals surface area contributed by atoms with Gasteiger partial charge < -0.3 is 10.1 Å². The summed E-state index contributed by atoms with van der Waals surface area (Å²) in [5.74, 6) is 0.520. The van der Waals surface area contributed by atoms with Crippen LogP contribution in [0.2, 0.25) is 0 Å². The first-order valence-corrected chi connectivity index (χ1v) is 4.70. The fourth-order valence-corrected chi connectivity index (χ4v) is 1.94. The van der Waals surface area contributed by atoms with E-state index in [2.05, 4.69) is 29.6 Å². The van der Waals surface area contributed by atoms with Gasteiger partial charge in [0, 0.05) is 26.1 Å². The zero-order valence-electron chi connectivity index (χ0n) is 7.86. The van der Waals surface area contributed by atoms with E-state index in [1.165, 1.54) is 5.56 Å². The molecular weight excluding hydrogens is 162 g/mol. The standard InChI is InChI=1S/C11H15NO/c1-13-11-8-12-7-10(11)9-5-3-2-4-6-9/h2-6,10-12H,7-8H2,1H3. The molecule has 1 fully saturated rings. The maximum atomic E-state index is 5.42. The van der Waals surface area contributed by atoms with Crippen LogP contribution in [0.25, 0.3) is 0 Å². The van der Waals surface area contributed by atoms with Crippen LogP contribution in [0.15, 0.2) is 30.3 Å². The summed E-state index contributed by atoms with van der Waals surface area (Å²) in [4.78, 5) is 0. The van der Waals surface area contributed by atoms with Crippen LogP contribution in [-0.2, 0) is 4.74 Å². The van der Waals surface area contributed by atoms with Crippen molar-refractivity contribution in [2.45, 2.75) is 12.0 Å². The maximum absolute atomic E-state index is 5.42. The Morgan fingerprint density at radius 2 is 2.00 bits per heavy atom. The molecule has 70 valence electrons. The Morgan fingerprint density at radius 3 is 2.69 bits per heavy atom. The first-order valence-electron chi connectivity index (χ1n) is 4.70. The Morgan fingerprint density at radius 1 is 1.23 bits per heavy atom. The van der Waals surface area contributed by atoms with Crippen LogP contribution in [0.4, 0.5) is 0 Å². The molecule has 1 aromatic rings. The normalized spacial score (nSPS) is 27.8. The van der Waals surface area contributed by atoms with Crippen LogP contribution in [-0.4, -0.2) is 26.3 Å². The molecule has 13 heavy (non-hydrogen) atoms. The molecule has 2 nitrogen and oxygen atoms in total. The molecule has 2 atom stereocenters. The smallest absolute Gasteiger partial charge is 0.0776 e. The van der Waals surface area contributed by atoms with Crippen molar-refractivity contribution >= 4 is 0 Å². The van der Waals surface area contributed by atoms with Gasteiger partial charge >= 0.3 is 0 Å². The van der Waals surface area contributed by atoms with Gasteiger partial charge in [0.25, 0.3) is 0 Å². The molecule has 0 aliphatic carbocycles. The van der Waals surface area contributed by atoms with E-state index in [0.29, 0.717) is 12.0 Å². The van der Waals surface area contributed by atoms with Gasteiger partial charge in [-0.15, -0.1) is 0 Å². The molecule has 0 saturated carbocycles. The highest BCUT2D eigenvalue weighted by atomic mass is 16.5. The number of hydrogen-bond acceptors (Lipinski definition) is 2. The Hall–Kier alpha value is -0.860. The van der Waals surface area contributed by atoms with Crippen molar-refractivity contribution in [3.8, 4) is 0 Å². The molecule has 2 unspecified atom stereocenters. The van der Waals surface area contributed by atoms with Gasteiger partial charge in [-0.05, 0) is 5.56 Å². The van der Waals surface area contributed by atoms with E-state index in [9.17, 15) is 0 Å². The first kappa shape index (κ1) is 8.73. The second-order valence-corrected chi connectivity index (χ2v) is 3.45. The third kappa shape index (κ3) is 1.74. The number of ether oxygens (including phenoxy) is 1. The predicted molar refractivity (Wildman–Crippen MR) is 52.8 cm³/mol. The van der Waals surface area contributed by atoms with E-state index in [1.807, 2.05) is 6.07 Å².